The van der Waals surface area contributed by atoms with E-state index in [9.17, 15) is 4.79 Å². The molecule has 1 aromatic rings. The first-order valence-electron chi connectivity index (χ1n) is 7.83. The highest BCUT2D eigenvalue weighted by Crippen LogP contribution is 2.18. The number of benzene rings is 1. The molecule has 1 aromatic carbocycles. The molecule has 4 nitrogen and oxygen atoms in total. The lowest BCUT2D eigenvalue weighted by atomic mass is 9.91. The van der Waals surface area contributed by atoms with Crippen LogP contribution in [0.2, 0.25) is 0 Å². The van der Waals surface area contributed by atoms with Gasteiger partial charge in [-0.05, 0) is 57.2 Å². The smallest absolute Gasteiger partial charge is 0.224 e. The lowest BCUT2D eigenvalue weighted by Crippen LogP contribution is -2.41. The first-order chi connectivity index (χ1) is 10.0. The van der Waals surface area contributed by atoms with Crippen LogP contribution >= 0.6 is 0 Å². The Hall–Kier alpha value is -1.55. The van der Waals surface area contributed by atoms with Gasteiger partial charge in [-0.15, -0.1) is 0 Å². The predicted octanol–water partition coefficient (Wildman–Crippen LogP) is 2.40. The van der Waals surface area contributed by atoms with Crippen molar-refractivity contribution in [3.63, 3.8) is 0 Å². The lowest BCUT2D eigenvalue weighted by Gasteiger charge is -2.26. The van der Waals surface area contributed by atoms with E-state index < -0.39 is 0 Å². The second-order valence-electron chi connectivity index (χ2n) is 6.17. The van der Waals surface area contributed by atoms with Crippen molar-refractivity contribution in [1.82, 2.24) is 5.32 Å². The van der Waals surface area contributed by atoms with Gasteiger partial charge in [-0.1, -0.05) is 12.1 Å². The Labute approximate surface area is 127 Å². The van der Waals surface area contributed by atoms with Gasteiger partial charge in [0, 0.05) is 12.1 Å². The van der Waals surface area contributed by atoms with Gasteiger partial charge in [0.1, 0.15) is 5.75 Å². The van der Waals surface area contributed by atoms with Gasteiger partial charge in [0.05, 0.1) is 12.5 Å². The van der Waals surface area contributed by atoms with Gasteiger partial charge in [0.2, 0.25) is 5.91 Å². The van der Waals surface area contributed by atoms with Crippen LogP contribution in [0.25, 0.3) is 0 Å². The summed E-state index contributed by atoms with van der Waals surface area (Å²) in [7, 11) is 0. The molecule has 0 saturated heterocycles. The predicted molar refractivity (Wildman–Crippen MR) is 84.3 cm³/mol. The minimum Gasteiger partial charge on any atom is -0.491 e. The second kappa shape index (κ2) is 7.46. The highest BCUT2D eigenvalue weighted by molar-refractivity contribution is 5.79. The molecule has 3 N–H and O–H groups in total. The van der Waals surface area contributed by atoms with Gasteiger partial charge >= 0.3 is 0 Å². The largest absolute Gasteiger partial charge is 0.491 e. The van der Waals surface area contributed by atoms with Gasteiger partial charge in [-0.25, -0.2) is 0 Å². The quantitative estimate of drug-likeness (QED) is 0.875. The molecule has 116 valence electrons. The van der Waals surface area contributed by atoms with Crippen molar-refractivity contribution < 1.29 is 9.53 Å². The van der Waals surface area contributed by atoms with Crippen LogP contribution in [-0.4, -0.2) is 24.1 Å². The molecule has 0 aliphatic heterocycles. The van der Waals surface area contributed by atoms with Crippen molar-refractivity contribution in [1.29, 1.82) is 0 Å². The molecule has 1 aliphatic carbocycles. The van der Waals surface area contributed by atoms with Crippen LogP contribution in [0.3, 0.4) is 0 Å². The second-order valence-corrected chi connectivity index (χ2v) is 6.17. The molecule has 0 atom stereocenters. The Morgan fingerprint density at radius 2 is 2.05 bits per heavy atom. The molecular formula is C17H26N2O2. The van der Waals surface area contributed by atoms with Crippen molar-refractivity contribution in [3.05, 3.63) is 29.8 Å². The monoisotopic (exact) mass is 290 g/mol. The minimum absolute atomic E-state index is 0.0807. The standard InChI is InChI=1S/C17H26N2O2/c1-12(2)21-16-5-3-4-13(10-16)11-17(20)19-15-8-6-14(18)7-9-15/h3-5,10,12,14-15H,6-9,11,18H2,1-2H3,(H,19,20). The van der Waals surface area contributed by atoms with E-state index >= 15 is 0 Å². The van der Waals surface area contributed by atoms with E-state index in [1.54, 1.807) is 0 Å². The molecule has 0 unspecified atom stereocenters. The maximum atomic E-state index is 12.1. The zero-order valence-electron chi connectivity index (χ0n) is 13.0. The molecule has 0 bridgehead atoms. The molecule has 1 fully saturated rings. The Kier molecular flexibility index (Phi) is 5.62. The maximum absolute atomic E-state index is 12.1. The van der Waals surface area contributed by atoms with Gasteiger partial charge in [-0.2, -0.15) is 0 Å². The van der Waals surface area contributed by atoms with Crippen LogP contribution in [0.15, 0.2) is 24.3 Å². The zero-order chi connectivity index (χ0) is 15.2. The number of nitrogens with two attached hydrogens (primary N) is 1. The number of ether oxygens (including phenoxy) is 1. The fourth-order valence-electron chi connectivity index (χ4n) is 2.73. The highest BCUT2D eigenvalue weighted by Gasteiger charge is 2.20. The Morgan fingerprint density at radius 1 is 1.33 bits per heavy atom. The molecule has 4 heteroatoms. The molecule has 0 aromatic heterocycles. The summed E-state index contributed by atoms with van der Waals surface area (Å²) in [6.07, 6.45) is 4.52. The third kappa shape index (κ3) is 5.38. The summed E-state index contributed by atoms with van der Waals surface area (Å²) in [4.78, 5) is 12.1. The van der Waals surface area contributed by atoms with Crippen LogP contribution in [0.5, 0.6) is 5.75 Å². The number of carbonyl (C=O) groups is 1. The summed E-state index contributed by atoms with van der Waals surface area (Å²) in [5, 5.41) is 3.11. The van der Waals surface area contributed by atoms with E-state index in [1.165, 1.54) is 0 Å². The molecule has 1 aliphatic rings. The first-order valence-corrected chi connectivity index (χ1v) is 7.83. The van der Waals surface area contributed by atoms with Crippen molar-refractivity contribution in [3.8, 4) is 5.75 Å². The normalized spacial score (nSPS) is 22.1. The van der Waals surface area contributed by atoms with Gasteiger partial charge in [0.15, 0.2) is 0 Å². The van der Waals surface area contributed by atoms with E-state index in [0.29, 0.717) is 12.5 Å². The number of hydrogen-bond acceptors (Lipinski definition) is 3. The number of rotatable bonds is 5. The van der Waals surface area contributed by atoms with Crippen molar-refractivity contribution in [2.24, 2.45) is 5.73 Å². The van der Waals surface area contributed by atoms with Gasteiger partial charge in [-0.3, -0.25) is 4.79 Å². The summed E-state index contributed by atoms with van der Waals surface area (Å²) in [6.45, 7) is 3.99. The van der Waals surface area contributed by atoms with E-state index in [-0.39, 0.29) is 18.1 Å². The van der Waals surface area contributed by atoms with Crippen LogP contribution in [0.1, 0.15) is 45.1 Å². The Balaban J connectivity index is 1.84. The van der Waals surface area contributed by atoms with Crippen molar-refractivity contribution in [2.75, 3.05) is 0 Å². The van der Waals surface area contributed by atoms with Crippen LogP contribution in [0, 0.1) is 0 Å². The number of amides is 1. The highest BCUT2D eigenvalue weighted by atomic mass is 16.5. The first kappa shape index (κ1) is 15.8. The van der Waals surface area contributed by atoms with E-state index in [4.69, 9.17) is 10.5 Å². The third-order valence-corrected chi connectivity index (χ3v) is 3.77. The van der Waals surface area contributed by atoms with Crippen molar-refractivity contribution >= 4 is 5.91 Å². The summed E-state index contributed by atoms with van der Waals surface area (Å²) in [5.41, 5.74) is 6.87. The summed E-state index contributed by atoms with van der Waals surface area (Å²) >= 11 is 0. The fourth-order valence-corrected chi connectivity index (χ4v) is 2.73. The van der Waals surface area contributed by atoms with Gasteiger partial charge < -0.3 is 15.8 Å². The summed E-state index contributed by atoms with van der Waals surface area (Å²) in [5.74, 6) is 0.899. The van der Waals surface area contributed by atoms with Crippen molar-refractivity contribution in [2.45, 2.75) is 64.1 Å². The number of nitrogens with one attached hydrogen (secondary N) is 1. The lowest BCUT2D eigenvalue weighted by molar-refractivity contribution is -0.121. The summed E-state index contributed by atoms with van der Waals surface area (Å²) < 4.78 is 5.65. The fraction of sp³-hybridized carbons (Fsp3) is 0.588. The molecule has 2 rings (SSSR count). The number of hydrogen-bond donors (Lipinski definition) is 2. The van der Waals surface area contributed by atoms with Crippen LogP contribution < -0.4 is 15.8 Å². The minimum atomic E-state index is 0.0807. The SMILES string of the molecule is CC(C)Oc1cccc(CC(=O)NC2CCC(N)CC2)c1. The maximum Gasteiger partial charge on any atom is 0.224 e. The van der Waals surface area contributed by atoms with Crippen LogP contribution in [0.4, 0.5) is 0 Å². The zero-order valence-corrected chi connectivity index (χ0v) is 13.0. The van der Waals surface area contributed by atoms with E-state index in [1.807, 2.05) is 38.1 Å². The molecular weight excluding hydrogens is 264 g/mol. The Morgan fingerprint density at radius 3 is 2.71 bits per heavy atom. The molecule has 0 spiro atoms. The molecule has 0 radical (unpaired) electrons. The third-order valence-electron chi connectivity index (χ3n) is 3.77. The average Bonchev–Trinajstić information content (AvgIpc) is 2.41. The Bertz CT molecular complexity index is 466. The molecule has 1 amide bonds. The molecule has 0 heterocycles. The van der Waals surface area contributed by atoms with E-state index in [2.05, 4.69) is 5.32 Å². The van der Waals surface area contributed by atoms with E-state index in [0.717, 1.165) is 37.0 Å². The molecule has 1 saturated carbocycles. The van der Waals surface area contributed by atoms with Gasteiger partial charge in [0.25, 0.3) is 0 Å². The number of carbonyl (C=O) groups excluding carboxylic acids is 1. The average molecular weight is 290 g/mol. The topological polar surface area (TPSA) is 64.3 Å². The summed E-state index contributed by atoms with van der Waals surface area (Å²) in [6, 6.07) is 8.35. The van der Waals surface area contributed by atoms with Crippen LogP contribution in [-0.2, 0) is 11.2 Å². The molecule has 21 heavy (non-hydrogen) atoms.